The second-order valence-electron chi connectivity index (χ2n) is 7.11. The molecular weight excluding hydrogens is 306 g/mol. The zero-order valence-electron chi connectivity index (χ0n) is 14.5. The van der Waals surface area contributed by atoms with Crippen LogP contribution in [0.5, 0.6) is 11.5 Å². The van der Waals surface area contributed by atoms with Crippen LogP contribution in [0.1, 0.15) is 44.1 Å². The Bertz CT molecular complexity index is 583. The quantitative estimate of drug-likeness (QED) is 0.867. The van der Waals surface area contributed by atoms with E-state index in [9.17, 15) is 4.79 Å². The Morgan fingerprint density at radius 3 is 2.67 bits per heavy atom. The molecule has 1 aliphatic carbocycles. The lowest BCUT2D eigenvalue weighted by Crippen LogP contribution is -2.27. The summed E-state index contributed by atoms with van der Waals surface area (Å²) >= 11 is 0. The van der Waals surface area contributed by atoms with Gasteiger partial charge in [0.05, 0.1) is 19.8 Å². The summed E-state index contributed by atoms with van der Waals surface area (Å²) in [7, 11) is 1.67. The molecule has 1 saturated heterocycles. The van der Waals surface area contributed by atoms with Crippen LogP contribution < -0.4 is 9.47 Å². The highest BCUT2D eigenvalue weighted by atomic mass is 16.5. The van der Waals surface area contributed by atoms with Crippen molar-refractivity contribution in [2.24, 2.45) is 5.92 Å². The summed E-state index contributed by atoms with van der Waals surface area (Å²) in [5.74, 6) is 1.60. The molecule has 1 heterocycles. The number of hydrogen-bond donors (Lipinski definition) is 1. The lowest BCUT2D eigenvalue weighted by molar-refractivity contribution is -0.138. The fraction of sp³-hybridized carbons (Fsp3) is 0.632. The number of methoxy groups -OCH3 is 1. The molecule has 1 saturated carbocycles. The van der Waals surface area contributed by atoms with Crippen molar-refractivity contribution in [1.82, 2.24) is 4.90 Å². The van der Waals surface area contributed by atoms with Gasteiger partial charge in [-0.15, -0.1) is 0 Å². The van der Waals surface area contributed by atoms with Crippen LogP contribution in [0, 0.1) is 5.92 Å². The van der Waals surface area contributed by atoms with E-state index in [0.29, 0.717) is 17.9 Å². The van der Waals surface area contributed by atoms with Crippen molar-refractivity contribution >= 4 is 5.97 Å². The number of carbonyl (C=O) groups is 1. The van der Waals surface area contributed by atoms with E-state index in [1.165, 1.54) is 18.4 Å². The first-order chi connectivity index (χ1) is 11.6. The summed E-state index contributed by atoms with van der Waals surface area (Å²) < 4.78 is 11.7. The minimum absolute atomic E-state index is 0.114. The van der Waals surface area contributed by atoms with Crippen LogP contribution in [0.3, 0.4) is 0 Å². The molecule has 3 rings (SSSR count). The second kappa shape index (κ2) is 7.43. The summed E-state index contributed by atoms with van der Waals surface area (Å²) in [5, 5.41) is 9.01. The van der Waals surface area contributed by atoms with Crippen LogP contribution in [0.4, 0.5) is 0 Å². The molecule has 132 valence electrons. The molecule has 0 radical (unpaired) electrons. The minimum atomic E-state index is -0.761. The van der Waals surface area contributed by atoms with Gasteiger partial charge in [0.15, 0.2) is 11.5 Å². The number of nitrogens with zero attached hydrogens (tertiary/aromatic N) is 1. The number of benzene rings is 1. The number of aliphatic carboxylic acids is 1. The molecule has 5 heteroatoms. The average Bonchev–Trinajstić information content (AvgIpc) is 3.16. The normalized spacial score (nSPS) is 25.1. The van der Waals surface area contributed by atoms with E-state index in [-0.39, 0.29) is 6.54 Å². The van der Waals surface area contributed by atoms with E-state index >= 15 is 0 Å². The summed E-state index contributed by atoms with van der Waals surface area (Å²) in [6.45, 7) is 3.90. The van der Waals surface area contributed by atoms with Crippen molar-refractivity contribution in [3.8, 4) is 11.5 Å². The van der Waals surface area contributed by atoms with E-state index in [1.807, 2.05) is 11.0 Å². The molecule has 0 unspecified atom stereocenters. The number of carboxylic acid groups (broad SMARTS) is 1. The van der Waals surface area contributed by atoms with Gasteiger partial charge in [-0.3, -0.25) is 9.69 Å². The molecule has 0 bridgehead atoms. The lowest BCUT2D eigenvalue weighted by Gasteiger charge is -2.20. The SMILES string of the molecule is COc1ccc([C@H]2CN(CC(=O)O)C[C@@H]2C)cc1OC1CCCC1. The molecular formula is C19H27NO4. The predicted octanol–water partition coefficient (Wildman–Crippen LogP) is 3.14. The van der Waals surface area contributed by atoms with Crippen LogP contribution >= 0.6 is 0 Å². The molecule has 1 aromatic rings. The molecule has 0 spiro atoms. The first kappa shape index (κ1) is 17.1. The lowest BCUT2D eigenvalue weighted by atomic mass is 9.90. The Morgan fingerprint density at radius 2 is 2.00 bits per heavy atom. The molecule has 1 N–H and O–H groups in total. The summed E-state index contributed by atoms with van der Waals surface area (Å²) in [6, 6.07) is 6.17. The Balaban J connectivity index is 1.76. The summed E-state index contributed by atoms with van der Waals surface area (Å²) in [5.41, 5.74) is 1.21. The fourth-order valence-electron chi connectivity index (χ4n) is 4.02. The third-order valence-electron chi connectivity index (χ3n) is 5.26. The molecule has 2 fully saturated rings. The van der Waals surface area contributed by atoms with Crippen molar-refractivity contribution in [2.45, 2.75) is 44.6 Å². The van der Waals surface area contributed by atoms with Crippen LogP contribution in [0.2, 0.25) is 0 Å². The van der Waals surface area contributed by atoms with Gasteiger partial charge in [-0.05, 0) is 49.3 Å². The van der Waals surface area contributed by atoms with Crippen molar-refractivity contribution in [3.05, 3.63) is 23.8 Å². The molecule has 24 heavy (non-hydrogen) atoms. The molecule has 2 aliphatic rings. The van der Waals surface area contributed by atoms with E-state index in [2.05, 4.69) is 19.1 Å². The van der Waals surface area contributed by atoms with Crippen molar-refractivity contribution in [1.29, 1.82) is 0 Å². The van der Waals surface area contributed by atoms with Gasteiger partial charge in [-0.25, -0.2) is 0 Å². The smallest absolute Gasteiger partial charge is 0.317 e. The highest BCUT2D eigenvalue weighted by molar-refractivity contribution is 5.69. The first-order valence-corrected chi connectivity index (χ1v) is 8.85. The number of hydrogen-bond acceptors (Lipinski definition) is 4. The summed E-state index contributed by atoms with van der Waals surface area (Å²) in [4.78, 5) is 13.0. The molecule has 1 aromatic carbocycles. The number of ether oxygens (including phenoxy) is 2. The van der Waals surface area contributed by atoms with Gasteiger partial charge in [0, 0.05) is 19.0 Å². The largest absolute Gasteiger partial charge is 0.493 e. The van der Waals surface area contributed by atoms with Crippen molar-refractivity contribution in [2.75, 3.05) is 26.7 Å². The average molecular weight is 333 g/mol. The first-order valence-electron chi connectivity index (χ1n) is 8.85. The van der Waals surface area contributed by atoms with Gasteiger partial charge < -0.3 is 14.6 Å². The Hall–Kier alpha value is -1.75. The van der Waals surface area contributed by atoms with E-state index < -0.39 is 5.97 Å². The van der Waals surface area contributed by atoms with Crippen LogP contribution in [-0.4, -0.2) is 48.8 Å². The van der Waals surface area contributed by atoms with Gasteiger partial charge >= 0.3 is 5.97 Å². The monoisotopic (exact) mass is 333 g/mol. The predicted molar refractivity (Wildman–Crippen MR) is 91.9 cm³/mol. The van der Waals surface area contributed by atoms with Gasteiger partial charge in [0.25, 0.3) is 0 Å². The second-order valence-corrected chi connectivity index (χ2v) is 7.11. The highest BCUT2D eigenvalue weighted by Crippen LogP contribution is 2.38. The number of likely N-dealkylation sites (tertiary alicyclic amines) is 1. The third kappa shape index (κ3) is 3.83. The van der Waals surface area contributed by atoms with Crippen molar-refractivity contribution < 1.29 is 19.4 Å². The Morgan fingerprint density at radius 1 is 1.25 bits per heavy atom. The Kier molecular flexibility index (Phi) is 5.29. The van der Waals surface area contributed by atoms with Crippen LogP contribution in [0.25, 0.3) is 0 Å². The summed E-state index contributed by atoms with van der Waals surface area (Å²) in [6.07, 6.45) is 4.98. The Labute approximate surface area is 143 Å². The molecule has 0 aromatic heterocycles. The zero-order valence-corrected chi connectivity index (χ0v) is 14.5. The van der Waals surface area contributed by atoms with Gasteiger partial charge in [0.1, 0.15) is 0 Å². The van der Waals surface area contributed by atoms with Crippen molar-refractivity contribution in [3.63, 3.8) is 0 Å². The fourth-order valence-corrected chi connectivity index (χ4v) is 4.02. The van der Waals surface area contributed by atoms with Gasteiger partial charge in [-0.2, -0.15) is 0 Å². The molecule has 5 nitrogen and oxygen atoms in total. The zero-order chi connectivity index (χ0) is 17.1. The minimum Gasteiger partial charge on any atom is -0.493 e. The third-order valence-corrected chi connectivity index (χ3v) is 5.26. The molecule has 1 aliphatic heterocycles. The van der Waals surface area contributed by atoms with E-state index in [0.717, 1.165) is 37.4 Å². The number of carboxylic acids is 1. The van der Waals surface area contributed by atoms with E-state index in [4.69, 9.17) is 14.6 Å². The maximum absolute atomic E-state index is 11.0. The van der Waals surface area contributed by atoms with Crippen LogP contribution in [0.15, 0.2) is 18.2 Å². The van der Waals surface area contributed by atoms with Gasteiger partial charge in [0.2, 0.25) is 0 Å². The topological polar surface area (TPSA) is 59.0 Å². The maximum atomic E-state index is 11.0. The van der Waals surface area contributed by atoms with E-state index in [1.54, 1.807) is 7.11 Å². The number of rotatable bonds is 6. The highest BCUT2D eigenvalue weighted by Gasteiger charge is 2.32. The molecule has 2 atom stereocenters. The molecule has 0 amide bonds. The maximum Gasteiger partial charge on any atom is 0.317 e. The standard InChI is InChI=1S/C19H27NO4/c1-13-10-20(12-19(21)22)11-16(13)14-7-8-17(23-2)18(9-14)24-15-5-3-4-6-15/h7-9,13,15-16H,3-6,10-12H2,1-2H3,(H,21,22)/t13-,16-/m0/s1. The van der Waals surface area contributed by atoms with Gasteiger partial charge in [-0.1, -0.05) is 13.0 Å². The van der Waals surface area contributed by atoms with Crippen LogP contribution in [-0.2, 0) is 4.79 Å².